The first-order valence-corrected chi connectivity index (χ1v) is 13.7. The van der Waals surface area contributed by atoms with Gasteiger partial charge in [0.2, 0.25) is 5.91 Å². The number of fused-ring (bicyclic) bond motifs is 1. The minimum Gasteiger partial charge on any atom is -0.427 e. The van der Waals surface area contributed by atoms with Crippen LogP contribution in [0.3, 0.4) is 0 Å². The van der Waals surface area contributed by atoms with E-state index in [-0.39, 0.29) is 28.9 Å². The van der Waals surface area contributed by atoms with Gasteiger partial charge in [-0.2, -0.15) is 0 Å². The summed E-state index contributed by atoms with van der Waals surface area (Å²) in [5, 5.41) is 3.36. The Kier molecular flexibility index (Phi) is 9.04. The number of hydrogen-bond acceptors (Lipinski definition) is 5. The summed E-state index contributed by atoms with van der Waals surface area (Å²) in [5.41, 5.74) is 1.86. The van der Waals surface area contributed by atoms with Crippen molar-refractivity contribution in [2.24, 2.45) is 0 Å². The summed E-state index contributed by atoms with van der Waals surface area (Å²) in [7, 11) is 3.96. The number of amides is 1. The van der Waals surface area contributed by atoms with Gasteiger partial charge in [-0.1, -0.05) is 48.9 Å². The van der Waals surface area contributed by atoms with E-state index in [1.807, 2.05) is 31.4 Å². The lowest BCUT2D eigenvalue weighted by molar-refractivity contribution is -0.147. The molecule has 1 aliphatic carbocycles. The first-order chi connectivity index (χ1) is 17.9. The number of unbranched alkanes of at least 4 members (excludes halogenated alkanes) is 2. The van der Waals surface area contributed by atoms with E-state index in [4.69, 9.17) is 9.47 Å². The number of esters is 1. The molecule has 0 spiro atoms. The molecule has 1 amide bonds. The van der Waals surface area contributed by atoms with Gasteiger partial charge in [-0.25, -0.2) is 0 Å². The van der Waals surface area contributed by atoms with Crippen LogP contribution in [0.5, 0.6) is 5.75 Å². The second kappa shape index (κ2) is 12.2. The Hall–Kier alpha value is -2.70. The standard InChI is InChI=1S/C31H42N2O4/c1-24(34)37-28-15-10-14-26(21-28)30-19-20-33(2)23-31(30,36-3)18-17-27(22-30)32-29(35)16-9-5-8-13-25-11-6-4-7-12-25/h4,6-7,10-12,14-15,21,27H,5,8-9,13,16-20,22-23H2,1-3H3,(H,32,35)/t27-,30-,31-/m0/s1. The molecule has 6 nitrogen and oxygen atoms in total. The summed E-state index contributed by atoms with van der Waals surface area (Å²) in [4.78, 5) is 26.9. The number of nitrogens with zero attached hydrogens (tertiary/aromatic N) is 1. The zero-order valence-corrected chi connectivity index (χ0v) is 22.6. The molecule has 6 heteroatoms. The Morgan fingerprint density at radius 3 is 2.62 bits per heavy atom. The Labute approximate surface area is 221 Å². The molecule has 4 rings (SSSR count). The number of nitrogens with one attached hydrogen (secondary N) is 1. The Morgan fingerprint density at radius 1 is 1.05 bits per heavy atom. The third-order valence-corrected chi connectivity index (χ3v) is 8.43. The van der Waals surface area contributed by atoms with Gasteiger partial charge in [0.15, 0.2) is 0 Å². The fourth-order valence-electron chi connectivity index (χ4n) is 6.58. The van der Waals surface area contributed by atoms with Crippen molar-refractivity contribution in [3.63, 3.8) is 0 Å². The minimum atomic E-state index is -0.354. The lowest BCUT2D eigenvalue weighted by Crippen LogP contribution is -2.67. The van der Waals surface area contributed by atoms with E-state index in [0.29, 0.717) is 12.2 Å². The quantitative estimate of drug-likeness (QED) is 0.278. The molecular formula is C31H42N2O4. The van der Waals surface area contributed by atoms with Crippen molar-refractivity contribution in [3.8, 4) is 5.75 Å². The van der Waals surface area contributed by atoms with E-state index in [2.05, 4.69) is 47.6 Å². The normalized spacial score (nSPS) is 25.8. The number of methoxy groups -OCH3 is 1. The highest BCUT2D eigenvalue weighted by Gasteiger charge is 2.58. The van der Waals surface area contributed by atoms with Gasteiger partial charge in [0.1, 0.15) is 5.75 Å². The average Bonchev–Trinajstić information content (AvgIpc) is 2.89. The van der Waals surface area contributed by atoms with Crippen molar-refractivity contribution in [3.05, 3.63) is 65.7 Å². The lowest BCUT2D eigenvalue weighted by atomic mass is 9.55. The maximum absolute atomic E-state index is 12.9. The fourth-order valence-corrected chi connectivity index (χ4v) is 6.58. The second-order valence-electron chi connectivity index (χ2n) is 10.9. The van der Waals surface area contributed by atoms with Gasteiger partial charge < -0.3 is 19.7 Å². The first-order valence-electron chi connectivity index (χ1n) is 13.7. The number of carbonyl (C=O) groups excluding carboxylic acids is 2. The number of likely N-dealkylation sites (N-methyl/N-ethyl adjacent to an activating group) is 1. The maximum Gasteiger partial charge on any atom is 0.308 e. The molecule has 3 atom stereocenters. The number of aryl methyl sites for hydroxylation is 1. The van der Waals surface area contributed by atoms with Crippen molar-refractivity contribution >= 4 is 11.9 Å². The number of benzene rings is 2. The van der Waals surface area contributed by atoms with Crippen LogP contribution in [-0.2, 0) is 26.2 Å². The molecule has 2 aromatic carbocycles. The predicted molar refractivity (Wildman–Crippen MR) is 146 cm³/mol. The summed E-state index contributed by atoms with van der Waals surface area (Å²) >= 11 is 0. The highest BCUT2D eigenvalue weighted by atomic mass is 16.5. The molecule has 2 aromatic rings. The highest BCUT2D eigenvalue weighted by molar-refractivity contribution is 5.76. The third kappa shape index (κ3) is 6.42. The van der Waals surface area contributed by atoms with Gasteiger partial charge in [-0.05, 0) is 81.8 Å². The number of rotatable bonds is 10. The Morgan fingerprint density at radius 2 is 1.86 bits per heavy atom. The van der Waals surface area contributed by atoms with Crippen molar-refractivity contribution < 1.29 is 19.1 Å². The minimum absolute atomic E-state index is 0.0980. The van der Waals surface area contributed by atoms with Crippen molar-refractivity contribution in [1.82, 2.24) is 10.2 Å². The predicted octanol–water partition coefficient (Wildman–Crippen LogP) is 5.04. The number of ether oxygens (including phenoxy) is 2. The summed E-state index contributed by atoms with van der Waals surface area (Å²) < 4.78 is 11.8. The second-order valence-corrected chi connectivity index (χ2v) is 10.9. The first kappa shape index (κ1) is 27.3. The van der Waals surface area contributed by atoms with E-state index in [1.54, 1.807) is 0 Å². The number of piperidine rings is 1. The van der Waals surface area contributed by atoms with E-state index in [9.17, 15) is 9.59 Å². The van der Waals surface area contributed by atoms with Gasteiger partial charge in [0.25, 0.3) is 0 Å². The number of likely N-dealkylation sites (tertiary alicyclic amines) is 1. The van der Waals surface area contributed by atoms with E-state index in [0.717, 1.165) is 70.0 Å². The van der Waals surface area contributed by atoms with Crippen molar-refractivity contribution in [2.45, 2.75) is 81.8 Å². The van der Waals surface area contributed by atoms with Crippen LogP contribution < -0.4 is 10.1 Å². The smallest absolute Gasteiger partial charge is 0.308 e. The molecule has 1 aliphatic heterocycles. The van der Waals surface area contributed by atoms with Crippen molar-refractivity contribution in [1.29, 1.82) is 0 Å². The van der Waals surface area contributed by atoms with Crippen LogP contribution in [-0.4, -0.2) is 55.7 Å². The van der Waals surface area contributed by atoms with Gasteiger partial charge in [0.05, 0.1) is 5.60 Å². The zero-order chi connectivity index (χ0) is 26.3. The summed E-state index contributed by atoms with van der Waals surface area (Å²) in [6, 6.07) is 18.5. The topological polar surface area (TPSA) is 67.9 Å². The molecule has 0 aromatic heterocycles. The van der Waals surface area contributed by atoms with Crippen LogP contribution in [0.2, 0.25) is 0 Å². The van der Waals surface area contributed by atoms with E-state index >= 15 is 0 Å². The largest absolute Gasteiger partial charge is 0.427 e. The molecule has 2 fully saturated rings. The van der Waals surface area contributed by atoms with E-state index in [1.165, 1.54) is 12.5 Å². The lowest BCUT2D eigenvalue weighted by Gasteiger charge is -2.59. The number of hydrogen-bond donors (Lipinski definition) is 1. The van der Waals surface area contributed by atoms with Gasteiger partial charge in [0, 0.05) is 38.5 Å². The van der Waals surface area contributed by atoms with E-state index < -0.39 is 0 Å². The molecule has 1 N–H and O–H groups in total. The molecular weight excluding hydrogens is 464 g/mol. The summed E-state index contributed by atoms with van der Waals surface area (Å²) in [6.45, 7) is 3.21. The molecule has 0 bridgehead atoms. The summed E-state index contributed by atoms with van der Waals surface area (Å²) in [6.07, 6.45) is 8.20. The maximum atomic E-state index is 12.9. The zero-order valence-electron chi connectivity index (χ0n) is 22.6. The van der Waals surface area contributed by atoms with Crippen LogP contribution in [0.25, 0.3) is 0 Å². The molecule has 0 radical (unpaired) electrons. The van der Waals surface area contributed by atoms with Gasteiger partial charge in [-0.15, -0.1) is 0 Å². The molecule has 1 saturated carbocycles. The Bertz CT molecular complexity index is 1060. The SMILES string of the molecule is CO[C@]12CC[C@H](NC(=O)CCCCCc3ccccc3)C[C@]1(c1cccc(OC(C)=O)c1)CCN(C)C2. The fraction of sp³-hybridized carbons (Fsp3) is 0.548. The monoisotopic (exact) mass is 506 g/mol. The molecule has 1 saturated heterocycles. The molecule has 1 heterocycles. The molecule has 200 valence electrons. The average molecular weight is 507 g/mol. The van der Waals surface area contributed by atoms with Crippen LogP contribution in [0.4, 0.5) is 0 Å². The van der Waals surface area contributed by atoms with Crippen molar-refractivity contribution in [2.75, 3.05) is 27.2 Å². The van der Waals surface area contributed by atoms with Crippen LogP contribution in [0.1, 0.15) is 69.4 Å². The summed E-state index contributed by atoms with van der Waals surface area (Å²) in [5.74, 6) is 0.380. The van der Waals surface area contributed by atoms with Crippen LogP contribution in [0.15, 0.2) is 54.6 Å². The molecule has 37 heavy (non-hydrogen) atoms. The number of carbonyl (C=O) groups is 2. The third-order valence-electron chi connectivity index (χ3n) is 8.43. The van der Waals surface area contributed by atoms with Crippen LogP contribution in [0, 0.1) is 0 Å². The molecule has 0 unspecified atom stereocenters. The Balaban J connectivity index is 1.41. The van der Waals surface area contributed by atoms with Crippen LogP contribution >= 0.6 is 0 Å². The van der Waals surface area contributed by atoms with Gasteiger partial charge >= 0.3 is 5.97 Å². The van der Waals surface area contributed by atoms with Gasteiger partial charge in [-0.3, -0.25) is 9.59 Å². The molecule has 2 aliphatic rings. The highest BCUT2D eigenvalue weighted by Crippen LogP contribution is 2.53.